The van der Waals surface area contributed by atoms with E-state index in [1.165, 1.54) is 4.90 Å². The average molecular weight is 248 g/mol. The predicted octanol–water partition coefficient (Wildman–Crippen LogP) is 2.06. The number of aryl methyl sites for hydroxylation is 1. The van der Waals surface area contributed by atoms with Gasteiger partial charge < -0.3 is 10.2 Å². The summed E-state index contributed by atoms with van der Waals surface area (Å²) < 4.78 is 0. The molecule has 0 bridgehead atoms. The minimum atomic E-state index is -0.570. The first-order valence-corrected chi connectivity index (χ1v) is 6.32. The lowest BCUT2D eigenvalue weighted by Gasteiger charge is -2.18. The van der Waals surface area contributed by atoms with Crippen LogP contribution in [0.3, 0.4) is 0 Å². The largest absolute Gasteiger partial charge is 0.335 e. The Bertz CT molecular complexity index is 426. The van der Waals surface area contributed by atoms with Crippen LogP contribution < -0.4 is 5.32 Å². The van der Waals surface area contributed by atoms with Crippen LogP contribution in [0.25, 0.3) is 0 Å². The van der Waals surface area contributed by atoms with Crippen LogP contribution in [0.15, 0.2) is 24.3 Å². The third-order valence-corrected chi connectivity index (χ3v) is 2.89. The van der Waals surface area contributed by atoms with Crippen LogP contribution in [0.1, 0.15) is 26.3 Å². The van der Waals surface area contributed by atoms with Crippen LogP contribution in [0, 0.1) is 0 Å². The van der Waals surface area contributed by atoms with Gasteiger partial charge in [0.05, 0.1) is 0 Å². The molecule has 0 fully saturated rings. The molecule has 1 aromatic rings. The maximum atomic E-state index is 11.8. The van der Waals surface area contributed by atoms with Crippen LogP contribution in [0.2, 0.25) is 0 Å². The van der Waals surface area contributed by atoms with Crippen molar-refractivity contribution in [1.82, 2.24) is 4.90 Å². The minimum absolute atomic E-state index is 0.481. The maximum Gasteiger partial charge on any atom is 0.313 e. The number of carbonyl (C=O) groups excluding carboxylic acids is 2. The van der Waals surface area contributed by atoms with E-state index in [2.05, 4.69) is 5.32 Å². The summed E-state index contributed by atoms with van der Waals surface area (Å²) in [6.07, 6.45) is 0.815. The summed E-state index contributed by atoms with van der Waals surface area (Å²) in [5.41, 5.74) is 1.74. The number of carbonyl (C=O) groups is 2. The molecular formula is C14H20N2O2. The monoisotopic (exact) mass is 248 g/mol. The van der Waals surface area contributed by atoms with Gasteiger partial charge in [-0.3, -0.25) is 9.59 Å². The molecule has 4 nitrogen and oxygen atoms in total. The molecule has 1 aromatic carbocycles. The number of hydrogen-bond acceptors (Lipinski definition) is 2. The van der Waals surface area contributed by atoms with E-state index in [0.717, 1.165) is 12.0 Å². The number of nitrogens with one attached hydrogen (secondary N) is 1. The van der Waals surface area contributed by atoms with Crippen molar-refractivity contribution in [2.75, 3.05) is 18.4 Å². The quantitative estimate of drug-likeness (QED) is 0.829. The van der Waals surface area contributed by atoms with Crippen molar-refractivity contribution in [2.45, 2.75) is 27.2 Å². The molecule has 1 N–H and O–H groups in total. The number of anilines is 1. The van der Waals surface area contributed by atoms with E-state index >= 15 is 0 Å². The second-order valence-corrected chi connectivity index (χ2v) is 3.94. The third kappa shape index (κ3) is 3.32. The summed E-state index contributed by atoms with van der Waals surface area (Å²) in [5, 5.41) is 2.68. The standard InChI is InChI=1S/C14H20N2O2/c1-4-11-9-7-8-10-12(11)15-13(17)14(18)16(5-2)6-3/h7-10H,4-6H2,1-3H3,(H,15,17). The Hall–Kier alpha value is -1.84. The summed E-state index contributed by atoms with van der Waals surface area (Å²) in [6.45, 7) is 6.80. The zero-order valence-corrected chi connectivity index (χ0v) is 11.2. The van der Waals surface area contributed by atoms with Crippen molar-refractivity contribution < 1.29 is 9.59 Å². The topological polar surface area (TPSA) is 49.4 Å². The van der Waals surface area contributed by atoms with Gasteiger partial charge in [0.1, 0.15) is 0 Å². The van der Waals surface area contributed by atoms with Crippen molar-refractivity contribution in [3.05, 3.63) is 29.8 Å². The van der Waals surface area contributed by atoms with Gasteiger partial charge >= 0.3 is 11.8 Å². The van der Waals surface area contributed by atoms with Gasteiger partial charge in [-0.2, -0.15) is 0 Å². The predicted molar refractivity (Wildman–Crippen MR) is 72.4 cm³/mol. The van der Waals surface area contributed by atoms with Crippen LogP contribution in [0.5, 0.6) is 0 Å². The van der Waals surface area contributed by atoms with Gasteiger partial charge in [0.25, 0.3) is 0 Å². The highest BCUT2D eigenvalue weighted by molar-refractivity contribution is 6.39. The summed E-state index contributed by atoms with van der Waals surface area (Å²) in [5.74, 6) is -1.05. The van der Waals surface area contributed by atoms with Crippen LogP contribution in [-0.4, -0.2) is 29.8 Å². The summed E-state index contributed by atoms with van der Waals surface area (Å²) in [6, 6.07) is 7.51. The van der Waals surface area contributed by atoms with Crippen molar-refractivity contribution in [3.8, 4) is 0 Å². The Labute approximate surface area is 108 Å². The smallest absolute Gasteiger partial charge is 0.313 e. The highest BCUT2D eigenvalue weighted by Gasteiger charge is 2.19. The molecule has 0 aromatic heterocycles. The second kappa shape index (κ2) is 6.79. The summed E-state index contributed by atoms with van der Waals surface area (Å²) >= 11 is 0. The molecule has 0 heterocycles. The lowest BCUT2D eigenvalue weighted by molar-refractivity contribution is -0.142. The Balaban J connectivity index is 2.78. The van der Waals surface area contributed by atoms with Gasteiger partial charge in [0, 0.05) is 18.8 Å². The average Bonchev–Trinajstić information content (AvgIpc) is 2.40. The van der Waals surface area contributed by atoms with E-state index in [-0.39, 0.29) is 0 Å². The van der Waals surface area contributed by atoms with Gasteiger partial charge in [0.2, 0.25) is 0 Å². The van der Waals surface area contributed by atoms with Crippen molar-refractivity contribution in [2.24, 2.45) is 0 Å². The Morgan fingerprint density at radius 3 is 2.28 bits per heavy atom. The lowest BCUT2D eigenvalue weighted by atomic mass is 10.1. The highest BCUT2D eigenvalue weighted by atomic mass is 16.2. The fourth-order valence-electron chi connectivity index (χ4n) is 1.78. The molecule has 0 saturated carbocycles. The number of para-hydroxylation sites is 1. The zero-order chi connectivity index (χ0) is 13.5. The number of amides is 2. The SMILES string of the molecule is CCc1ccccc1NC(=O)C(=O)N(CC)CC. The van der Waals surface area contributed by atoms with Crippen molar-refractivity contribution >= 4 is 17.5 Å². The van der Waals surface area contributed by atoms with Gasteiger partial charge in [0.15, 0.2) is 0 Å². The molecule has 1 rings (SSSR count). The normalized spacial score (nSPS) is 9.94. The molecular weight excluding hydrogens is 228 g/mol. The van der Waals surface area contributed by atoms with E-state index in [0.29, 0.717) is 18.8 Å². The number of nitrogens with zero attached hydrogens (tertiary/aromatic N) is 1. The van der Waals surface area contributed by atoms with Gasteiger partial charge in [-0.15, -0.1) is 0 Å². The Morgan fingerprint density at radius 1 is 1.11 bits per heavy atom. The molecule has 0 aliphatic carbocycles. The third-order valence-electron chi connectivity index (χ3n) is 2.89. The van der Waals surface area contributed by atoms with Crippen molar-refractivity contribution in [3.63, 3.8) is 0 Å². The molecule has 4 heteroatoms. The number of hydrogen-bond donors (Lipinski definition) is 1. The molecule has 0 radical (unpaired) electrons. The van der Waals surface area contributed by atoms with E-state index in [1.807, 2.05) is 45.0 Å². The first-order valence-electron chi connectivity index (χ1n) is 6.32. The molecule has 98 valence electrons. The van der Waals surface area contributed by atoms with E-state index < -0.39 is 11.8 Å². The Kier molecular flexibility index (Phi) is 5.36. The molecule has 0 saturated heterocycles. The fraction of sp³-hybridized carbons (Fsp3) is 0.429. The van der Waals surface area contributed by atoms with E-state index in [1.54, 1.807) is 0 Å². The molecule has 0 spiro atoms. The molecule has 0 aliphatic heterocycles. The van der Waals surface area contributed by atoms with Gasteiger partial charge in [-0.25, -0.2) is 0 Å². The second-order valence-electron chi connectivity index (χ2n) is 3.94. The minimum Gasteiger partial charge on any atom is -0.335 e. The molecule has 2 amide bonds. The zero-order valence-electron chi connectivity index (χ0n) is 11.2. The van der Waals surface area contributed by atoms with Crippen LogP contribution in [0.4, 0.5) is 5.69 Å². The van der Waals surface area contributed by atoms with E-state index in [4.69, 9.17) is 0 Å². The van der Waals surface area contributed by atoms with Gasteiger partial charge in [-0.05, 0) is 31.9 Å². The summed E-state index contributed by atoms with van der Waals surface area (Å²) in [7, 11) is 0. The Morgan fingerprint density at radius 2 is 1.72 bits per heavy atom. The fourth-order valence-corrected chi connectivity index (χ4v) is 1.78. The molecule has 18 heavy (non-hydrogen) atoms. The number of benzene rings is 1. The van der Waals surface area contributed by atoms with Gasteiger partial charge in [-0.1, -0.05) is 25.1 Å². The van der Waals surface area contributed by atoms with Crippen LogP contribution >= 0.6 is 0 Å². The maximum absolute atomic E-state index is 11.8. The first kappa shape index (κ1) is 14.2. The lowest BCUT2D eigenvalue weighted by Crippen LogP contribution is -2.39. The van der Waals surface area contributed by atoms with Crippen LogP contribution in [-0.2, 0) is 16.0 Å². The van der Waals surface area contributed by atoms with E-state index in [9.17, 15) is 9.59 Å². The first-order chi connectivity index (χ1) is 8.63. The molecule has 0 unspecified atom stereocenters. The molecule has 0 atom stereocenters. The molecule has 0 aliphatic rings. The number of rotatable bonds is 4. The summed E-state index contributed by atoms with van der Waals surface area (Å²) in [4.78, 5) is 25.2. The highest BCUT2D eigenvalue weighted by Crippen LogP contribution is 2.15. The van der Waals surface area contributed by atoms with Crippen molar-refractivity contribution in [1.29, 1.82) is 0 Å². The number of likely N-dealkylation sites (N-methyl/N-ethyl adjacent to an activating group) is 1.